The van der Waals surface area contributed by atoms with Gasteiger partial charge in [-0.1, -0.05) is 68.7 Å². The first-order valence-electron chi connectivity index (χ1n) is 10.9. The molecule has 0 aliphatic carbocycles. The molecule has 0 aromatic heterocycles. The van der Waals surface area contributed by atoms with Crippen LogP contribution in [0.4, 0.5) is 11.4 Å². The van der Waals surface area contributed by atoms with Crippen molar-refractivity contribution in [3.63, 3.8) is 0 Å². The lowest BCUT2D eigenvalue weighted by Gasteiger charge is -2.28. The Morgan fingerprint density at radius 2 is 1.88 bits per heavy atom. The van der Waals surface area contributed by atoms with Gasteiger partial charge in [-0.3, -0.25) is 10.1 Å². The number of halogens is 2. The van der Waals surface area contributed by atoms with E-state index in [1.807, 2.05) is 24.3 Å². The summed E-state index contributed by atoms with van der Waals surface area (Å²) in [6.45, 7) is 8.75. The van der Waals surface area contributed by atoms with Gasteiger partial charge in [-0.05, 0) is 59.9 Å². The van der Waals surface area contributed by atoms with Gasteiger partial charge < -0.3 is 5.32 Å². The molecule has 0 fully saturated rings. The molecule has 1 N–H and O–H groups in total. The number of anilines is 1. The Labute approximate surface area is 209 Å². The van der Waals surface area contributed by atoms with Crippen molar-refractivity contribution in [3.8, 4) is 0 Å². The Morgan fingerprint density at radius 3 is 2.55 bits per heavy atom. The van der Waals surface area contributed by atoms with Crippen molar-refractivity contribution in [2.45, 2.75) is 63.2 Å². The van der Waals surface area contributed by atoms with Crippen LogP contribution in [0.25, 0.3) is 0 Å². The van der Waals surface area contributed by atoms with Crippen LogP contribution in [0.2, 0.25) is 10.0 Å². The average Bonchev–Trinajstić information content (AvgIpc) is 2.77. The van der Waals surface area contributed by atoms with Crippen molar-refractivity contribution in [2.24, 2.45) is 10.2 Å². The minimum absolute atomic E-state index is 0.0875. The van der Waals surface area contributed by atoms with Gasteiger partial charge in [-0.25, -0.2) is 0 Å². The number of nitrogens with one attached hydrogen (secondary N) is 1. The second-order valence-electron chi connectivity index (χ2n) is 8.64. The van der Waals surface area contributed by atoms with E-state index >= 15 is 0 Å². The summed E-state index contributed by atoms with van der Waals surface area (Å²) in [4.78, 5) is 12.0. The summed E-state index contributed by atoms with van der Waals surface area (Å²) in [7, 11) is 0. The molecule has 0 spiro atoms. The van der Waals surface area contributed by atoms with Crippen molar-refractivity contribution < 1.29 is 4.92 Å². The predicted octanol–water partition coefficient (Wildman–Crippen LogP) is 8.08. The van der Waals surface area contributed by atoms with Gasteiger partial charge in [-0.15, -0.1) is 5.10 Å². The average molecular weight is 507 g/mol. The highest BCUT2D eigenvalue weighted by atomic mass is 35.5. The molecule has 2 aromatic rings. The molecule has 0 saturated carbocycles. The van der Waals surface area contributed by atoms with E-state index in [1.54, 1.807) is 12.3 Å². The van der Waals surface area contributed by atoms with Crippen molar-refractivity contribution in [1.82, 2.24) is 0 Å². The molecule has 33 heavy (non-hydrogen) atoms. The van der Waals surface area contributed by atoms with E-state index in [2.05, 4.69) is 43.2 Å². The van der Waals surface area contributed by atoms with E-state index < -0.39 is 0 Å². The van der Waals surface area contributed by atoms with Crippen LogP contribution in [0.3, 0.4) is 0 Å². The second-order valence-corrected chi connectivity index (χ2v) is 10.6. The van der Waals surface area contributed by atoms with Crippen molar-refractivity contribution in [1.29, 1.82) is 0 Å². The van der Waals surface area contributed by atoms with E-state index in [0.717, 1.165) is 29.7 Å². The summed E-state index contributed by atoms with van der Waals surface area (Å²) in [5.74, 6) is 0.302. The quantitative estimate of drug-likeness (QED) is 0.328. The van der Waals surface area contributed by atoms with Gasteiger partial charge in [0.05, 0.1) is 26.4 Å². The molecule has 6 nitrogen and oxygen atoms in total. The SMILES string of the molecule is CCC(CC)c1ccc(S/C2=N/N=CCC(C)(C)c3cc(Cl)c(Cl)cc3NC2)c([N+](=O)[O-])c1. The van der Waals surface area contributed by atoms with Gasteiger partial charge in [0, 0.05) is 18.0 Å². The van der Waals surface area contributed by atoms with Crippen molar-refractivity contribution >= 4 is 57.6 Å². The fourth-order valence-corrected chi connectivity index (χ4v) is 5.09. The lowest BCUT2D eigenvalue weighted by molar-refractivity contribution is -0.387. The largest absolute Gasteiger partial charge is 0.378 e. The topological polar surface area (TPSA) is 79.9 Å². The molecule has 1 aliphatic heterocycles. The maximum atomic E-state index is 11.8. The Balaban J connectivity index is 1.94. The Bertz CT molecular complexity index is 1100. The molecule has 0 radical (unpaired) electrons. The number of benzene rings is 2. The number of fused-ring (bicyclic) bond motifs is 1. The van der Waals surface area contributed by atoms with E-state index in [0.29, 0.717) is 38.9 Å². The summed E-state index contributed by atoms with van der Waals surface area (Å²) in [6, 6.07) is 9.18. The molecular weight excluding hydrogens is 479 g/mol. The summed E-state index contributed by atoms with van der Waals surface area (Å²) < 4.78 is 0. The fourth-order valence-electron chi connectivity index (χ4n) is 3.90. The first-order valence-corrected chi connectivity index (χ1v) is 12.5. The van der Waals surface area contributed by atoms with Gasteiger partial charge >= 0.3 is 0 Å². The maximum Gasteiger partial charge on any atom is 0.283 e. The summed E-state index contributed by atoms with van der Waals surface area (Å²) in [6.07, 6.45) is 4.29. The Morgan fingerprint density at radius 1 is 1.18 bits per heavy atom. The zero-order chi connectivity index (χ0) is 24.2. The molecule has 0 unspecified atom stereocenters. The third kappa shape index (κ3) is 6.08. The molecule has 0 saturated heterocycles. The van der Waals surface area contributed by atoms with E-state index in [4.69, 9.17) is 23.2 Å². The van der Waals surface area contributed by atoms with Crippen LogP contribution in [0.15, 0.2) is 45.4 Å². The first kappa shape index (κ1) is 25.5. The highest BCUT2D eigenvalue weighted by molar-refractivity contribution is 8.14. The number of thioether (sulfide) groups is 1. The second kappa shape index (κ2) is 10.9. The number of rotatable bonds is 5. The van der Waals surface area contributed by atoms with Crippen molar-refractivity contribution in [2.75, 3.05) is 11.9 Å². The maximum absolute atomic E-state index is 11.8. The Kier molecular flexibility index (Phi) is 8.43. The smallest absolute Gasteiger partial charge is 0.283 e. The molecule has 0 bridgehead atoms. The molecule has 9 heteroatoms. The highest BCUT2D eigenvalue weighted by Crippen LogP contribution is 2.39. The third-order valence-corrected chi connectivity index (χ3v) is 7.69. The fraction of sp³-hybridized carbons (Fsp3) is 0.417. The highest BCUT2D eigenvalue weighted by Gasteiger charge is 2.26. The standard InChI is InChI=1S/C24H28Cl2N4O2S/c1-5-15(6-2)16-7-8-22(21(11-16)30(31)32)33-23-14-27-20-13-19(26)18(25)12-17(20)24(3,4)9-10-28-29-23/h7-8,10-13,15,27H,5-6,9,14H2,1-4H3/b28-10?,29-23+. The minimum atomic E-state index is -0.328. The number of hydrogen-bond donors (Lipinski definition) is 1. The Hall–Kier alpha value is -2.09. The van der Waals surface area contributed by atoms with E-state index in [9.17, 15) is 10.1 Å². The zero-order valence-corrected chi connectivity index (χ0v) is 21.5. The summed E-state index contributed by atoms with van der Waals surface area (Å²) in [5, 5.41) is 25.4. The summed E-state index contributed by atoms with van der Waals surface area (Å²) in [5.41, 5.74) is 2.73. The number of nitro groups is 1. The van der Waals surface area contributed by atoms with Crippen LogP contribution in [0.1, 0.15) is 64.0 Å². The molecule has 0 atom stereocenters. The zero-order valence-electron chi connectivity index (χ0n) is 19.2. The van der Waals surface area contributed by atoms with Crippen LogP contribution < -0.4 is 5.32 Å². The predicted molar refractivity (Wildman–Crippen MR) is 141 cm³/mol. The monoisotopic (exact) mass is 506 g/mol. The lowest BCUT2D eigenvalue weighted by atomic mass is 9.81. The van der Waals surface area contributed by atoms with Gasteiger partial charge in [0.1, 0.15) is 5.04 Å². The number of nitrogens with zero attached hydrogens (tertiary/aromatic N) is 3. The molecule has 176 valence electrons. The molecule has 1 aliphatic rings. The van der Waals surface area contributed by atoms with Crippen LogP contribution in [0.5, 0.6) is 0 Å². The van der Waals surface area contributed by atoms with Gasteiger partial charge in [0.2, 0.25) is 0 Å². The van der Waals surface area contributed by atoms with Crippen LogP contribution in [0, 0.1) is 10.1 Å². The van der Waals surface area contributed by atoms with Crippen LogP contribution in [-0.4, -0.2) is 22.7 Å². The van der Waals surface area contributed by atoms with E-state index in [1.165, 1.54) is 11.8 Å². The number of nitro benzene ring substituents is 1. The van der Waals surface area contributed by atoms with Crippen molar-refractivity contribution in [3.05, 3.63) is 61.6 Å². The van der Waals surface area contributed by atoms with Crippen LogP contribution in [-0.2, 0) is 5.41 Å². The lowest BCUT2D eigenvalue weighted by Crippen LogP contribution is -2.22. The van der Waals surface area contributed by atoms with Crippen LogP contribution >= 0.6 is 35.0 Å². The number of hydrogen-bond acceptors (Lipinski definition) is 6. The normalized spacial score (nSPS) is 17.1. The minimum Gasteiger partial charge on any atom is -0.378 e. The van der Waals surface area contributed by atoms with Gasteiger partial charge in [0.25, 0.3) is 5.69 Å². The first-order chi connectivity index (χ1) is 15.7. The molecule has 1 heterocycles. The van der Waals surface area contributed by atoms with Gasteiger partial charge in [-0.2, -0.15) is 5.10 Å². The molecular formula is C24H28Cl2N4O2S. The third-order valence-electron chi connectivity index (χ3n) is 5.94. The van der Waals surface area contributed by atoms with E-state index in [-0.39, 0.29) is 16.0 Å². The summed E-state index contributed by atoms with van der Waals surface area (Å²) >= 11 is 13.8. The molecule has 2 aromatic carbocycles. The van der Waals surface area contributed by atoms with Gasteiger partial charge in [0.15, 0.2) is 0 Å². The molecule has 0 amide bonds. The molecule has 3 rings (SSSR count).